The minimum atomic E-state index is -0.0330. The van der Waals surface area contributed by atoms with E-state index in [0.717, 1.165) is 37.1 Å². The molecule has 1 nitrogen and oxygen atoms in total. The summed E-state index contributed by atoms with van der Waals surface area (Å²) in [6, 6.07) is 58.8. The van der Waals surface area contributed by atoms with Crippen LogP contribution in [0.15, 0.2) is 152 Å². The molecule has 8 rings (SSSR count). The molecular formula is C65H75N. The van der Waals surface area contributed by atoms with Crippen LogP contribution in [0.25, 0.3) is 44.5 Å². The van der Waals surface area contributed by atoms with E-state index in [2.05, 4.69) is 253 Å². The summed E-state index contributed by atoms with van der Waals surface area (Å²) in [5.41, 5.74) is 21.9. The Morgan fingerprint density at radius 2 is 0.742 bits per heavy atom. The van der Waals surface area contributed by atoms with Crippen molar-refractivity contribution in [2.45, 2.75) is 150 Å². The average Bonchev–Trinajstić information content (AvgIpc) is 3.54. The van der Waals surface area contributed by atoms with E-state index in [4.69, 9.17) is 0 Å². The summed E-state index contributed by atoms with van der Waals surface area (Å²) >= 11 is 0. The molecule has 0 aliphatic heterocycles. The highest BCUT2D eigenvalue weighted by molar-refractivity contribution is 5.89. The quantitative estimate of drug-likeness (QED) is 0.132. The topological polar surface area (TPSA) is 3.24 Å². The summed E-state index contributed by atoms with van der Waals surface area (Å²) in [6.45, 7) is 32.8. The Hall–Kier alpha value is -5.66. The maximum Gasteiger partial charge on any atom is 0.0473 e. The van der Waals surface area contributed by atoms with Crippen LogP contribution >= 0.6 is 0 Å². The lowest BCUT2D eigenvalue weighted by Gasteiger charge is -2.33. The molecule has 1 aliphatic rings. The predicted octanol–water partition coefficient (Wildman–Crippen LogP) is 19.2. The lowest BCUT2D eigenvalue weighted by Crippen LogP contribution is -2.25. The van der Waals surface area contributed by atoms with Crippen LogP contribution in [0.4, 0.5) is 17.1 Å². The fourth-order valence-electron chi connectivity index (χ4n) is 10.4. The van der Waals surface area contributed by atoms with Gasteiger partial charge in [0.25, 0.3) is 0 Å². The third-order valence-corrected chi connectivity index (χ3v) is 14.3. The largest absolute Gasteiger partial charge is 0.310 e. The monoisotopic (exact) mass is 870 g/mol. The van der Waals surface area contributed by atoms with Gasteiger partial charge in [-0.1, -0.05) is 219 Å². The molecule has 66 heavy (non-hydrogen) atoms. The van der Waals surface area contributed by atoms with Crippen molar-refractivity contribution >= 4 is 17.1 Å². The summed E-state index contributed by atoms with van der Waals surface area (Å²) in [5.74, 6) is 0. The van der Waals surface area contributed by atoms with Gasteiger partial charge >= 0.3 is 0 Å². The molecule has 340 valence electrons. The van der Waals surface area contributed by atoms with Gasteiger partial charge in [0, 0.05) is 22.5 Å². The second kappa shape index (κ2) is 17.5. The van der Waals surface area contributed by atoms with Gasteiger partial charge in [-0.3, -0.25) is 0 Å². The van der Waals surface area contributed by atoms with Crippen LogP contribution in [-0.4, -0.2) is 0 Å². The Labute approximate surface area is 399 Å². The van der Waals surface area contributed by atoms with Gasteiger partial charge in [-0.2, -0.15) is 0 Å². The van der Waals surface area contributed by atoms with E-state index in [1.165, 1.54) is 83.6 Å². The van der Waals surface area contributed by atoms with Crippen LogP contribution in [0.3, 0.4) is 0 Å². The molecule has 0 spiro atoms. The number of hydrogen-bond acceptors (Lipinski definition) is 1. The summed E-state index contributed by atoms with van der Waals surface area (Å²) in [6.07, 6.45) is 4.51. The lowest BCUT2D eigenvalue weighted by atomic mass is 9.71. The number of nitrogens with zero attached hydrogens (tertiary/aromatic N) is 1. The fourth-order valence-corrected chi connectivity index (χ4v) is 10.4. The summed E-state index contributed by atoms with van der Waals surface area (Å²) < 4.78 is 0. The van der Waals surface area contributed by atoms with E-state index in [1.54, 1.807) is 0 Å². The highest BCUT2D eigenvalue weighted by Gasteiger charge is 2.42. The van der Waals surface area contributed by atoms with E-state index in [1.807, 2.05) is 0 Å². The van der Waals surface area contributed by atoms with Crippen LogP contribution in [0.5, 0.6) is 0 Å². The van der Waals surface area contributed by atoms with Crippen LogP contribution in [0, 0.1) is 0 Å². The van der Waals surface area contributed by atoms with Crippen LogP contribution in [-0.2, 0) is 27.1 Å². The first-order valence-corrected chi connectivity index (χ1v) is 24.8. The molecule has 0 N–H and O–H groups in total. The molecule has 0 atom stereocenters. The van der Waals surface area contributed by atoms with Crippen molar-refractivity contribution in [2.75, 3.05) is 4.90 Å². The van der Waals surface area contributed by atoms with Gasteiger partial charge in [0.15, 0.2) is 0 Å². The predicted molar refractivity (Wildman–Crippen MR) is 288 cm³/mol. The second-order valence-corrected chi connectivity index (χ2v) is 23.5. The third kappa shape index (κ3) is 9.21. The van der Waals surface area contributed by atoms with Crippen LogP contribution < -0.4 is 4.90 Å². The molecule has 0 fully saturated rings. The zero-order chi connectivity index (χ0) is 47.4. The van der Waals surface area contributed by atoms with Gasteiger partial charge < -0.3 is 4.90 Å². The van der Waals surface area contributed by atoms with Gasteiger partial charge in [0.1, 0.15) is 0 Å². The molecule has 0 heterocycles. The zero-order valence-electron chi connectivity index (χ0n) is 42.7. The molecular weight excluding hydrogens is 795 g/mol. The summed E-state index contributed by atoms with van der Waals surface area (Å²) in [7, 11) is 0. The molecule has 7 aromatic rings. The van der Waals surface area contributed by atoms with Gasteiger partial charge in [-0.15, -0.1) is 0 Å². The van der Waals surface area contributed by atoms with E-state index < -0.39 is 0 Å². The maximum atomic E-state index is 2.56. The SMILES string of the molecule is CCCC1(CCC)c2ccccc2-c2ccc(N(c3ccc(-c4ccccc4)cc3)c3cc(-c4cc(C(C)(C)C)cc(C(C)(C)C)c4)cc(-c4cc(C(C)(C)C)cc(C(C)(C)C)c4)c3)cc21. The molecule has 0 bridgehead atoms. The van der Waals surface area contributed by atoms with E-state index in [-0.39, 0.29) is 27.1 Å². The average molecular weight is 870 g/mol. The first kappa shape index (κ1) is 46.9. The zero-order valence-corrected chi connectivity index (χ0v) is 42.7. The molecule has 7 aromatic carbocycles. The Morgan fingerprint density at radius 3 is 1.21 bits per heavy atom. The molecule has 0 saturated heterocycles. The Balaban J connectivity index is 1.45. The van der Waals surface area contributed by atoms with Crippen molar-refractivity contribution in [3.63, 3.8) is 0 Å². The first-order chi connectivity index (χ1) is 31.1. The molecule has 0 unspecified atom stereocenters. The maximum absolute atomic E-state index is 2.56. The molecule has 0 amide bonds. The minimum Gasteiger partial charge on any atom is -0.310 e. The van der Waals surface area contributed by atoms with Crippen LogP contribution in [0.2, 0.25) is 0 Å². The summed E-state index contributed by atoms with van der Waals surface area (Å²) in [5, 5.41) is 0. The lowest BCUT2D eigenvalue weighted by molar-refractivity contribution is 0.436. The second-order valence-electron chi connectivity index (χ2n) is 23.5. The van der Waals surface area contributed by atoms with E-state index in [9.17, 15) is 0 Å². The van der Waals surface area contributed by atoms with Crippen molar-refractivity contribution < 1.29 is 0 Å². The van der Waals surface area contributed by atoms with Crippen molar-refractivity contribution in [1.82, 2.24) is 0 Å². The molecule has 1 heteroatoms. The van der Waals surface area contributed by atoms with Crippen molar-refractivity contribution in [2.24, 2.45) is 0 Å². The van der Waals surface area contributed by atoms with Crippen LogP contribution in [0.1, 0.15) is 156 Å². The van der Waals surface area contributed by atoms with Gasteiger partial charge in [0.05, 0.1) is 0 Å². The Morgan fingerprint density at radius 1 is 0.333 bits per heavy atom. The molecule has 0 radical (unpaired) electrons. The number of benzene rings is 7. The third-order valence-electron chi connectivity index (χ3n) is 14.3. The minimum absolute atomic E-state index is 0.0168. The van der Waals surface area contributed by atoms with Crippen molar-refractivity contribution in [3.8, 4) is 44.5 Å². The van der Waals surface area contributed by atoms with Gasteiger partial charge in [-0.25, -0.2) is 0 Å². The number of hydrogen-bond donors (Lipinski definition) is 0. The number of anilines is 3. The van der Waals surface area contributed by atoms with Crippen molar-refractivity contribution in [1.29, 1.82) is 0 Å². The Kier molecular flexibility index (Phi) is 12.4. The first-order valence-electron chi connectivity index (χ1n) is 24.8. The number of fused-ring (bicyclic) bond motifs is 3. The smallest absolute Gasteiger partial charge is 0.0473 e. The highest BCUT2D eigenvalue weighted by atomic mass is 15.1. The fraction of sp³-hybridized carbons (Fsp3) is 0.354. The van der Waals surface area contributed by atoms with Gasteiger partial charge in [0.2, 0.25) is 0 Å². The van der Waals surface area contributed by atoms with E-state index in [0.29, 0.717) is 0 Å². The Bertz CT molecular complexity index is 2680. The number of rotatable bonds is 10. The molecule has 1 aliphatic carbocycles. The molecule has 0 saturated carbocycles. The van der Waals surface area contributed by atoms with Gasteiger partial charge in [-0.05, 0) is 155 Å². The summed E-state index contributed by atoms with van der Waals surface area (Å²) in [4.78, 5) is 2.55. The normalized spacial score (nSPS) is 13.7. The van der Waals surface area contributed by atoms with E-state index >= 15 is 0 Å². The van der Waals surface area contributed by atoms with Crippen molar-refractivity contribution in [3.05, 3.63) is 185 Å². The highest BCUT2D eigenvalue weighted by Crippen LogP contribution is 2.55. The standard InChI is InChI=1S/C65H75N/c1-15-32-65(33-16-2)59-25-21-20-24-57(59)58-31-30-55(43-60(58)65)66(54-28-26-45(27-29-54)44-22-18-17-19-23-44)56-39-46(48-35-50(61(3,4)5)41-51(36-48)62(6,7)8)34-47(40-56)49-37-52(63(9,10)11)42-53(38-49)64(12,13)14/h17-31,34-43H,15-16,32-33H2,1-14H3. The molecule has 0 aromatic heterocycles.